The normalized spacial score (nSPS) is 19.3. The van der Waals surface area contributed by atoms with E-state index in [1.807, 2.05) is 42.5 Å². The molecule has 0 aliphatic carbocycles. The number of ether oxygens (including phenoxy) is 1. The van der Waals surface area contributed by atoms with Crippen molar-refractivity contribution in [1.29, 1.82) is 0 Å². The van der Waals surface area contributed by atoms with Gasteiger partial charge in [0.1, 0.15) is 0 Å². The van der Waals surface area contributed by atoms with E-state index in [1.54, 1.807) is 22.8 Å². The summed E-state index contributed by atoms with van der Waals surface area (Å²) in [5.41, 5.74) is 1.08. The zero-order valence-electron chi connectivity index (χ0n) is 17.7. The molecular formula is C26H20N2O4. The number of hydrogen-bond acceptors (Lipinski definition) is 4. The van der Waals surface area contributed by atoms with E-state index in [0.29, 0.717) is 23.4 Å². The first kappa shape index (κ1) is 18.8. The summed E-state index contributed by atoms with van der Waals surface area (Å²) in [6, 6.07) is 19.0. The van der Waals surface area contributed by atoms with E-state index in [4.69, 9.17) is 4.74 Å². The molecule has 3 aromatic carbocycles. The van der Waals surface area contributed by atoms with Gasteiger partial charge in [0.05, 0.1) is 16.9 Å². The van der Waals surface area contributed by atoms with Crippen LogP contribution in [0, 0.1) is 0 Å². The molecule has 158 valence electrons. The maximum absolute atomic E-state index is 13.6. The number of ketones is 1. The predicted octanol–water partition coefficient (Wildman–Crippen LogP) is 4.73. The lowest BCUT2D eigenvalue weighted by Crippen LogP contribution is -2.58. The number of anilines is 1. The van der Waals surface area contributed by atoms with Gasteiger partial charge in [0.2, 0.25) is 17.6 Å². The maximum atomic E-state index is 13.6. The molecule has 2 aliphatic heterocycles. The summed E-state index contributed by atoms with van der Waals surface area (Å²) in [4.78, 5) is 40.4. The third-order valence-corrected chi connectivity index (χ3v) is 6.59. The van der Waals surface area contributed by atoms with Gasteiger partial charge in [-0.25, -0.2) is 0 Å². The van der Waals surface area contributed by atoms with E-state index >= 15 is 0 Å². The van der Waals surface area contributed by atoms with E-state index in [9.17, 15) is 14.4 Å². The van der Waals surface area contributed by atoms with Crippen LogP contribution in [0.15, 0.2) is 60.7 Å². The van der Waals surface area contributed by atoms with Crippen molar-refractivity contribution in [3.63, 3.8) is 0 Å². The van der Waals surface area contributed by atoms with Gasteiger partial charge in [-0.05, 0) is 41.5 Å². The smallest absolute Gasteiger partial charge is 0.253 e. The molecule has 0 fully saturated rings. The molecule has 0 saturated carbocycles. The topological polar surface area (TPSA) is 68.6 Å². The highest BCUT2D eigenvalue weighted by molar-refractivity contribution is 6.20. The molecule has 6 rings (SSSR count). The van der Waals surface area contributed by atoms with Crippen LogP contribution in [0.4, 0.5) is 5.69 Å². The summed E-state index contributed by atoms with van der Waals surface area (Å²) < 4.78 is 8.20. The number of carbonyl (C=O) groups is 3. The standard InChI is InChI=1S/C26H20N2O4/c1-15(29)27-22-11-12-26(25(31)19-9-5-6-10-21(19)28(26)16(2)30)32-24(22)20-13-17-7-3-4-8-18(17)14-23(20)27/h3-10,13-14H,11-12H2,1-2H3. The minimum Gasteiger partial charge on any atom is -0.457 e. The molecule has 0 N–H and O–H groups in total. The second kappa shape index (κ2) is 6.29. The molecule has 1 unspecified atom stereocenters. The molecule has 32 heavy (non-hydrogen) atoms. The van der Waals surface area contributed by atoms with Gasteiger partial charge >= 0.3 is 0 Å². The van der Waals surface area contributed by atoms with Crippen LogP contribution >= 0.6 is 0 Å². The lowest BCUT2D eigenvalue weighted by atomic mass is 9.95. The highest BCUT2D eigenvalue weighted by Gasteiger charge is 2.57. The lowest BCUT2D eigenvalue weighted by Gasteiger charge is -2.39. The van der Waals surface area contributed by atoms with Crippen molar-refractivity contribution in [2.24, 2.45) is 0 Å². The number of Topliss-reactive ketones (excluding diaryl/α,β-unsaturated/α-hetero) is 1. The molecule has 0 saturated heterocycles. The van der Waals surface area contributed by atoms with Gasteiger partial charge in [-0.1, -0.05) is 36.4 Å². The van der Waals surface area contributed by atoms with Gasteiger partial charge < -0.3 is 4.74 Å². The fourth-order valence-corrected chi connectivity index (χ4v) is 5.31. The molecule has 0 radical (unpaired) electrons. The summed E-state index contributed by atoms with van der Waals surface area (Å²) >= 11 is 0. The van der Waals surface area contributed by atoms with Crippen molar-refractivity contribution in [3.05, 3.63) is 71.9 Å². The Morgan fingerprint density at radius 3 is 2.34 bits per heavy atom. The van der Waals surface area contributed by atoms with Crippen molar-refractivity contribution in [2.45, 2.75) is 32.4 Å². The average molecular weight is 424 g/mol. The van der Waals surface area contributed by atoms with Crippen molar-refractivity contribution >= 4 is 45.0 Å². The Morgan fingerprint density at radius 2 is 1.62 bits per heavy atom. The van der Waals surface area contributed by atoms with E-state index in [2.05, 4.69) is 0 Å². The van der Waals surface area contributed by atoms with Crippen molar-refractivity contribution in [3.8, 4) is 5.75 Å². The van der Waals surface area contributed by atoms with Crippen LogP contribution < -0.4 is 9.64 Å². The largest absolute Gasteiger partial charge is 0.457 e. The fraction of sp³-hybridized carbons (Fsp3) is 0.192. The number of hydrogen-bond donors (Lipinski definition) is 0. The molecule has 0 bridgehead atoms. The minimum atomic E-state index is -1.44. The highest BCUT2D eigenvalue weighted by atomic mass is 16.5. The Bertz CT molecular complexity index is 1500. The molecule has 6 heteroatoms. The molecule has 1 spiro atoms. The van der Waals surface area contributed by atoms with Gasteiger partial charge in [0.15, 0.2) is 5.75 Å². The van der Waals surface area contributed by atoms with Crippen molar-refractivity contribution in [2.75, 3.05) is 4.90 Å². The summed E-state index contributed by atoms with van der Waals surface area (Å²) in [7, 11) is 0. The molecule has 1 aromatic heterocycles. The number of carbonyl (C=O) groups excluding carboxylic acids is 3. The quantitative estimate of drug-likeness (QED) is 0.409. The van der Waals surface area contributed by atoms with E-state index in [-0.39, 0.29) is 24.0 Å². The Balaban J connectivity index is 1.62. The number of rotatable bonds is 0. The van der Waals surface area contributed by atoms with Crippen LogP contribution in [0.2, 0.25) is 0 Å². The Morgan fingerprint density at radius 1 is 0.938 bits per heavy atom. The van der Waals surface area contributed by atoms with Crippen molar-refractivity contribution < 1.29 is 19.1 Å². The van der Waals surface area contributed by atoms with Crippen LogP contribution in [0.3, 0.4) is 0 Å². The van der Waals surface area contributed by atoms with Crippen LogP contribution in [0.25, 0.3) is 21.7 Å². The monoisotopic (exact) mass is 424 g/mol. The van der Waals surface area contributed by atoms with Crippen LogP contribution in [0.1, 0.15) is 41.1 Å². The van der Waals surface area contributed by atoms with Crippen LogP contribution in [-0.4, -0.2) is 27.9 Å². The van der Waals surface area contributed by atoms with Crippen LogP contribution in [-0.2, 0) is 11.2 Å². The first-order valence-electron chi connectivity index (χ1n) is 10.6. The second-order valence-electron chi connectivity index (χ2n) is 8.43. The number of para-hydroxylation sites is 1. The number of benzene rings is 3. The summed E-state index contributed by atoms with van der Waals surface area (Å²) in [6.07, 6.45) is 0.708. The molecule has 3 heterocycles. The summed E-state index contributed by atoms with van der Waals surface area (Å²) in [6.45, 7) is 2.97. The number of aromatic nitrogens is 1. The molecule has 6 nitrogen and oxygen atoms in total. The first-order valence-corrected chi connectivity index (χ1v) is 10.6. The number of amides is 1. The first-order chi connectivity index (χ1) is 15.4. The SMILES string of the molecule is CC(=O)N1c2ccccc2C(=O)C12CCc1c(c3cc4ccccc4cc3n1C(C)=O)O2. The average Bonchev–Trinajstić information content (AvgIpc) is 3.22. The molecule has 1 atom stereocenters. The third kappa shape index (κ3) is 2.26. The van der Waals surface area contributed by atoms with Crippen LogP contribution in [0.5, 0.6) is 5.75 Å². The van der Waals surface area contributed by atoms with Gasteiger partial charge in [-0.15, -0.1) is 0 Å². The van der Waals surface area contributed by atoms with E-state index < -0.39 is 5.72 Å². The molecule has 1 amide bonds. The lowest BCUT2D eigenvalue weighted by molar-refractivity contribution is -0.119. The maximum Gasteiger partial charge on any atom is 0.253 e. The Hall–Kier alpha value is -3.93. The van der Waals surface area contributed by atoms with Gasteiger partial charge in [0.25, 0.3) is 5.72 Å². The van der Waals surface area contributed by atoms with Gasteiger partial charge in [0, 0.05) is 31.2 Å². The molecule has 2 aliphatic rings. The fourth-order valence-electron chi connectivity index (χ4n) is 5.31. The molecule has 4 aromatic rings. The summed E-state index contributed by atoms with van der Waals surface area (Å²) in [5.74, 6) is -0.0962. The third-order valence-electron chi connectivity index (χ3n) is 6.59. The van der Waals surface area contributed by atoms with E-state index in [0.717, 1.165) is 27.4 Å². The number of fused-ring (bicyclic) bond motifs is 5. The minimum absolute atomic E-state index is 0.115. The molecular weight excluding hydrogens is 404 g/mol. The van der Waals surface area contributed by atoms with E-state index in [1.165, 1.54) is 18.7 Å². The zero-order chi connectivity index (χ0) is 22.2. The second-order valence-corrected chi connectivity index (χ2v) is 8.43. The van der Waals surface area contributed by atoms with Gasteiger partial charge in [-0.3, -0.25) is 23.9 Å². The highest BCUT2D eigenvalue weighted by Crippen LogP contribution is 2.49. The van der Waals surface area contributed by atoms with Gasteiger partial charge in [-0.2, -0.15) is 0 Å². The zero-order valence-corrected chi connectivity index (χ0v) is 17.7. The predicted molar refractivity (Wildman–Crippen MR) is 121 cm³/mol. The Kier molecular flexibility index (Phi) is 3.70. The Labute approximate surface area is 184 Å². The number of nitrogens with zero attached hydrogens (tertiary/aromatic N) is 2. The van der Waals surface area contributed by atoms with Crippen molar-refractivity contribution in [1.82, 2.24) is 4.57 Å². The summed E-state index contributed by atoms with van der Waals surface area (Å²) in [5, 5.41) is 2.79.